The number of aromatic nitrogens is 2. The molecule has 1 N–H and O–H groups in total. The van der Waals surface area contributed by atoms with E-state index in [9.17, 15) is 0 Å². The summed E-state index contributed by atoms with van der Waals surface area (Å²) in [5, 5.41) is 3.64. The molecule has 0 aromatic carbocycles. The molecular formula is C15H26N4O. The van der Waals surface area contributed by atoms with Crippen LogP contribution in [0.5, 0.6) is 0 Å². The van der Waals surface area contributed by atoms with E-state index >= 15 is 0 Å². The lowest BCUT2D eigenvalue weighted by Crippen LogP contribution is -2.56. The highest BCUT2D eigenvalue weighted by molar-refractivity contribution is 5.11. The molecule has 0 aliphatic carbocycles. The van der Waals surface area contributed by atoms with Gasteiger partial charge in [0.15, 0.2) is 0 Å². The van der Waals surface area contributed by atoms with Crippen molar-refractivity contribution in [3.63, 3.8) is 0 Å². The van der Waals surface area contributed by atoms with Crippen LogP contribution in [0.1, 0.15) is 38.9 Å². The largest absolute Gasteiger partial charge is 0.379 e. The first-order valence-electron chi connectivity index (χ1n) is 7.48. The van der Waals surface area contributed by atoms with Crippen molar-refractivity contribution in [3.8, 4) is 0 Å². The standard InChI is InChI=1S/C15H26N4O/c1-4-5-18-14(13-12-16-6-7-17-13)15(2,3)19-8-10-20-11-9-19/h6-7,12,14,18H,4-5,8-11H2,1-3H3. The molecule has 5 nitrogen and oxygen atoms in total. The molecule has 2 rings (SSSR count). The predicted molar refractivity (Wildman–Crippen MR) is 79.5 cm³/mol. The van der Waals surface area contributed by atoms with Crippen molar-refractivity contribution in [2.75, 3.05) is 32.8 Å². The number of morpholine rings is 1. The zero-order valence-corrected chi connectivity index (χ0v) is 12.8. The summed E-state index contributed by atoms with van der Waals surface area (Å²) in [5.41, 5.74) is 0.993. The smallest absolute Gasteiger partial charge is 0.0774 e. The van der Waals surface area contributed by atoms with Gasteiger partial charge in [-0.1, -0.05) is 6.92 Å². The van der Waals surface area contributed by atoms with Gasteiger partial charge in [-0.15, -0.1) is 0 Å². The lowest BCUT2D eigenvalue weighted by atomic mass is 9.89. The van der Waals surface area contributed by atoms with Gasteiger partial charge in [0.05, 0.1) is 31.1 Å². The molecule has 1 saturated heterocycles. The number of ether oxygens (including phenoxy) is 1. The lowest BCUT2D eigenvalue weighted by Gasteiger charge is -2.45. The highest BCUT2D eigenvalue weighted by atomic mass is 16.5. The molecule has 2 heterocycles. The van der Waals surface area contributed by atoms with Gasteiger partial charge in [-0.2, -0.15) is 0 Å². The second-order valence-corrected chi connectivity index (χ2v) is 5.77. The predicted octanol–water partition coefficient (Wildman–Crippen LogP) is 1.63. The Bertz CT molecular complexity index is 390. The van der Waals surface area contributed by atoms with Crippen LogP contribution in [-0.4, -0.2) is 53.3 Å². The first-order chi connectivity index (χ1) is 9.66. The molecule has 112 valence electrons. The number of nitrogens with zero attached hydrogens (tertiary/aromatic N) is 3. The Kier molecular flexibility index (Phi) is 5.46. The summed E-state index contributed by atoms with van der Waals surface area (Å²) in [5.74, 6) is 0. The third-order valence-electron chi connectivity index (χ3n) is 4.01. The van der Waals surface area contributed by atoms with E-state index in [0.29, 0.717) is 0 Å². The summed E-state index contributed by atoms with van der Waals surface area (Å²) in [6.45, 7) is 11.3. The molecular weight excluding hydrogens is 252 g/mol. The average molecular weight is 278 g/mol. The van der Waals surface area contributed by atoms with Gasteiger partial charge >= 0.3 is 0 Å². The van der Waals surface area contributed by atoms with E-state index in [1.165, 1.54) is 0 Å². The van der Waals surface area contributed by atoms with Crippen molar-refractivity contribution < 1.29 is 4.74 Å². The summed E-state index contributed by atoms with van der Waals surface area (Å²) in [6.07, 6.45) is 6.47. The Morgan fingerprint density at radius 1 is 1.35 bits per heavy atom. The number of nitrogens with one attached hydrogen (secondary N) is 1. The molecule has 1 aromatic heterocycles. The van der Waals surface area contributed by atoms with Gasteiger partial charge in [-0.3, -0.25) is 14.9 Å². The van der Waals surface area contributed by atoms with E-state index in [-0.39, 0.29) is 11.6 Å². The summed E-state index contributed by atoms with van der Waals surface area (Å²) in [4.78, 5) is 11.2. The zero-order chi connectivity index (χ0) is 14.4. The number of hydrogen-bond donors (Lipinski definition) is 1. The van der Waals surface area contributed by atoms with Gasteiger partial charge in [0.25, 0.3) is 0 Å². The summed E-state index contributed by atoms with van der Waals surface area (Å²) >= 11 is 0. The molecule has 0 radical (unpaired) electrons. The van der Waals surface area contributed by atoms with Crippen LogP contribution in [0.15, 0.2) is 18.6 Å². The van der Waals surface area contributed by atoms with Crippen LogP contribution in [0.25, 0.3) is 0 Å². The third kappa shape index (κ3) is 3.53. The molecule has 5 heteroatoms. The monoisotopic (exact) mass is 278 g/mol. The van der Waals surface area contributed by atoms with Crippen molar-refractivity contribution in [1.29, 1.82) is 0 Å². The molecule has 1 atom stereocenters. The number of rotatable bonds is 6. The summed E-state index contributed by atoms with van der Waals surface area (Å²) in [7, 11) is 0. The molecule has 1 aliphatic heterocycles. The lowest BCUT2D eigenvalue weighted by molar-refractivity contribution is -0.0243. The van der Waals surface area contributed by atoms with E-state index in [1.54, 1.807) is 12.4 Å². The third-order valence-corrected chi connectivity index (χ3v) is 4.01. The highest BCUT2D eigenvalue weighted by Gasteiger charge is 2.37. The highest BCUT2D eigenvalue weighted by Crippen LogP contribution is 2.30. The van der Waals surface area contributed by atoms with E-state index < -0.39 is 0 Å². The van der Waals surface area contributed by atoms with Gasteiger partial charge in [0.2, 0.25) is 0 Å². The fourth-order valence-electron chi connectivity index (χ4n) is 2.79. The second kappa shape index (κ2) is 7.11. The van der Waals surface area contributed by atoms with E-state index in [1.807, 2.05) is 6.20 Å². The van der Waals surface area contributed by atoms with E-state index in [2.05, 4.69) is 41.0 Å². The molecule has 20 heavy (non-hydrogen) atoms. The van der Waals surface area contributed by atoms with Crippen LogP contribution >= 0.6 is 0 Å². The van der Waals surface area contributed by atoms with Crippen molar-refractivity contribution in [2.45, 2.75) is 38.8 Å². The van der Waals surface area contributed by atoms with Gasteiger partial charge in [0, 0.05) is 31.0 Å². The maximum absolute atomic E-state index is 5.47. The Balaban J connectivity index is 2.19. The van der Waals surface area contributed by atoms with Gasteiger partial charge in [0.1, 0.15) is 0 Å². The fraction of sp³-hybridized carbons (Fsp3) is 0.733. The van der Waals surface area contributed by atoms with Gasteiger partial charge in [-0.25, -0.2) is 0 Å². The van der Waals surface area contributed by atoms with Crippen LogP contribution in [-0.2, 0) is 4.74 Å². The zero-order valence-electron chi connectivity index (χ0n) is 12.8. The van der Waals surface area contributed by atoms with Crippen molar-refractivity contribution >= 4 is 0 Å². The Morgan fingerprint density at radius 3 is 2.70 bits per heavy atom. The van der Waals surface area contributed by atoms with Gasteiger partial charge in [-0.05, 0) is 26.8 Å². The molecule has 0 spiro atoms. The van der Waals surface area contributed by atoms with Gasteiger partial charge < -0.3 is 10.1 Å². The average Bonchev–Trinajstić information content (AvgIpc) is 2.49. The summed E-state index contributed by atoms with van der Waals surface area (Å²) in [6, 6.07) is 0.175. The SMILES string of the molecule is CCCNC(c1cnccn1)C(C)(C)N1CCOCC1. The minimum absolute atomic E-state index is 0.0189. The van der Waals surface area contributed by atoms with E-state index in [4.69, 9.17) is 4.74 Å². The molecule has 0 bridgehead atoms. The Hall–Kier alpha value is -1.04. The topological polar surface area (TPSA) is 50.3 Å². The van der Waals surface area contributed by atoms with Crippen LogP contribution in [0.2, 0.25) is 0 Å². The fourth-order valence-corrected chi connectivity index (χ4v) is 2.79. The number of hydrogen-bond acceptors (Lipinski definition) is 5. The first kappa shape index (κ1) is 15.4. The van der Waals surface area contributed by atoms with Crippen molar-refractivity contribution in [2.24, 2.45) is 0 Å². The quantitative estimate of drug-likeness (QED) is 0.857. The minimum atomic E-state index is -0.0189. The summed E-state index contributed by atoms with van der Waals surface area (Å²) < 4.78 is 5.47. The maximum Gasteiger partial charge on any atom is 0.0774 e. The maximum atomic E-state index is 5.47. The van der Waals surface area contributed by atoms with Crippen LogP contribution in [0.3, 0.4) is 0 Å². The Morgan fingerprint density at radius 2 is 2.10 bits per heavy atom. The molecule has 1 unspecified atom stereocenters. The second-order valence-electron chi connectivity index (χ2n) is 5.77. The molecule has 0 amide bonds. The molecule has 0 saturated carbocycles. The van der Waals surface area contributed by atoms with Crippen molar-refractivity contribution in [1.82, 2.24) is 20.2 Å². The van der Waals surface area contributed by atoms with Crippen LogP contribution < -0.4 is 5.32 Å². The molecule has 1 fully saturated rings. The molecule has 1 aliphatic rings. The first-order valence-corrected chi connectivity index (χ1v) is 7.48. The van der Waals surface area contributed by atoms with Crippen LogP contribution in [0.4, 0.5) is 0 Å². The van der Waals surface area contributed by atoms with E-state index in [0.717, 1.165) is 45.0 Å². The van der Waals surface area contributed by atoms with Crippen molar-refractivity contribution in [3.05, 3.63) is 24.3 Å². The van der Waals surface area contributed by atoms with Crippen LogP contribution in [0, 0.1) is 0 Å². The minimum Gasteiger partial charge on any atom is -0.379 e. The Labute approximate surface area is 121 Å². The molecule has 1 aromatic rings. The normalized spacial score (nSPS) is 18.9.